The highest BCUT2D eigenvalue weighted by Crippen LogP contribution is 2.21. The quantitative estimate of drug-likeness (QED) is 0.480. The van der Waals surface area contributed by atoms with Crippen molar-refractivity contribution in [3.05, 3.63) is 0 Å². The summed E-state index contributed by atoms with van der Waals surface area (Å²) in [6, 6.07) is 0. The molecule has 0 aromatic carbocycles. The summed E-state index contributed by atoms with van der Waals surface area (Å²) in [6.45, 7) is 0.684. The van der Waals surface area contributed by atoms with E-state index in [0.29, 0.717) is 6.54 Å². The number of hydrogen-bond donors (Lipinski definition) is 3. The molecular formula is C7H15N3O3S. The van der Waals surface area contributed by atoms with E-state index in [9.17, 15) is 13.2 Å². The van der Waals surface area contributed by atoms with Crippen molar-refractivity contribution in [3.63, 3.8) is 0 Å². The minimum Gasteiger partial charge on any atom is -0.368 e. The third-order valence-electron chi connectivity index (χ3n) is 2.60. The van der Waals surface area contributed by atoms with Gasteiger partial charge < -0.3 is 16.8 Å². The highest BCUT2D eigenvalue weighted by Gasteiger charge is 2.47. The number of primary amides is 1. The number of carbonyl (C=O) groups excluding carboxylic acids is 1. The topological polar surface area (TPSA) is 115 Å². The van der Waals surface area contributed by atoms with Gasteiger partial charge in [-0.15, -0.1) is 0 Å². The molecule has 1 aliphatic heterocycles. The van der Waals surface area contributed by atoms with Crippen LogP contribution in [0.4, 0.5) is 0 Å². The number of sulfone groups is 1. The van der Waals surface area contributed by atoms with Gasteiger partial charge in [0.15, 0.2) is 9.84 Å². The van der Waals surface area contributed by atoms with Crippen molar-refractivity contribution in [2.75, 3.05) is 19.3 Å². The Morgan fingerprint density at radius 2 is 2.14 bits per heavy atom. The fraction of sp³-hybridized carbons (Fsp3) is 0.857. The van der Waals surface area contributed by atoms with Gasteiger partial charge in [-0.3, -0.25) is 4.79 Å². The monoisotopic (exact) mass is 221 g/mol. The molecule has 1 fully saturated rings. The minimum absolute atomic E-state index is 0.179. The molecular weight excluding hydrogens is 206 g/mol. The number of nitrogens with one attached hydrogen (secondary N) is 1. The van der Waals surface area contributed by atoms with Crippen LogP contribution >= 0.6 is 0 Å². The second kappa shape index (κ2) is 3.48. The fourth-order valence-electron chi connectivity index (χ4n) is 1.69. The molecule has 2 atom stereocenters. The first kappa shape index (κ1) is 11.4. The van der Waals surface area contributed by atoms with E-state index in [4.69, 9.17) is 11.5 Å². The Bertz CT molecular complexity index is 340. The summed E-state index contributed by atoms with van der Waals surface area (Å²) in [5, 5.41) is 1.96. The maximum absolute atomic E-state index is 11.4. The zero-order chi connectivity index (χ0) is 11.0. The fourth-order valence-corrected chi connectivity index (χ4v) is 3.11. The van der Waals surface area contributed by atoms with E-state index >= 15 is 0 Å². The van der Waals surface area contributed by atoms with Crippen LogP contribution in [-0.4, -0.2) is 44.5 Å². The van der Waals surface area contributed by atoms with Crippen molar-refractivity contribution >= 4 is 15.7 Å². The lowest BCUT2D eigenvalue weighted by atomic mass is 9.88. The SMILES string of the molecule is CS(=O)(=O)C1CNCCC1(N)C(N)=O. The summed E-state index contributed by atoms with van der Waals surface area (Å²) in [6.07, 6.45) is 1.31. The Morgan fingerprint density at radius 1 is 1.57 bits per heavy atom. The average Bonchev–Trinajstić information content (AvgIpc) is 2.02. The Morgan fingerprint density at radius 3 is 2.50 bits per heavy atom. The number of hydrogen-bond acceptors (Lipinski definition) is 5. The first-order valence-electron chi connectivity index (χ1n) is 4.27. The molecule has 0 spiro atoms. The van der Waals surface area contributed by atoms with Crippen molar-refractivity contribution in [2.24, 2.45) is 11.5 Å². The number of nitrogens with two attached hydrogens (primary N) is 2. The van der Waals surface area contributed by atoms with Crippen molar-refractivity contribution in [2.45, 2.75) is 17.2 Å². The summed E-state index contributed by atoms with van der Waals surface area (Å²) in [5.41, 5.74) is 9.44. The van der Waals surface area contributed by atoms with Gasteiger partial charge in [-0.25, -0.2) is 8.42 Å². The Hall–Kier alpha value is -0.660. The highest BCUT2D eigenvalue weighted by molar-refractivity contribution is 7.91. The summed E-state index contributed by atoms with van der Waals surface area (Å²) in [5.74, 6) is -0.755. The second-order valence-electron chi connectivity index (χ2n) is 3.68. The maximum Gasteiger partial charge on any atom is 0.238 e. The van der Waals surface area contributed by atoms with Crippen molar-refractivity contribution in [1.29, 1.82) is 0 Å². The van der Waals surface area contributed by atoms with Crippen molar-refractivity contribution in [1.82, 2.24) is 5.32 Å². The van der Waals surface area contributed by atoms with Gasteiger partial charge in [0.2, 0.25) is 5.91 Å². The van der Waals surface area contributed by atoms with Crippen LogP contribution in [-0.2, 0) is 14.6 Å². The van der Waals surface area contributed by atoms with Gasteiger partial charge in [0.1, 0.15) is 10.8 Å². The molecule has 2 unspecified atom stereocenters. The van der Waals surface area contributed by atoms with E-state index < -0.39 is 26.5 Å². The molecule has 7 heteroatoms. The van der Waals surface area contributed by atoms with Crippen LogP contribution < -0.4 is 16.8 Å². The van der Waals surface area contributed by atoms with E-state index in [2.05, 4.69) is 5.32 Å². The number of carbonyl (C=O) groups is 1. The molecule has 1 aliphatic rings. The Kier molecular flexibility index (Phi) is 2.84. The molecule has 1 heterocycles. The zero-order valence-corrected chi connectivity index (χ0v) is 8.80. The molecule has 1 saturated heterocycles. The van der Waals surface area contributed by atoms with E-state index in [1.807, 2.05) is 0 Å². The van der Waals surface area contributed by atoms with Crippen LogP contribution in [0, 0.1) is 0 Å². The predicted octanol–water partition coefficient (Wildman–Crippen LogP) is -2.42. The summed E-state index contributed by atoms with van der Waals surface area (Å²) < 4.78 is 22.8. The molecule has 0 bridgehead atoms. The van der Waals surface area contributed by atoms with Gasteiger partial charge in [-0.05, 0) is 13.0 Å². The van der Waals surface area contributed by atoms with Crippen LogP contribution in [0.15, 0.2) is 0 Å². The Labute approximate surface area is 82.9 Å². The smallest absolute Gasteiger partial charge is 0.238 e. The van der Waals surface area contributed by atoms with Gasteiger partial charge in [0, 0.05) is 12.8 Å². The molecule has 0 saturated carbocycles. The van der Waals surface area contributed by atoms with Crippen LogP contribution in [0.5, 0.6) is 0 Å². The van der Waals surface area contributed by atoms with E-state index in [0.717, 1.165) is 6.26 Å². The van der Waals surface area contributed by atoms with Crippen LogP contribution in [0.2, 0.25) is 0 Å². The molecule has 82 valence electrons. The molecule has 0 aliphatic carbocycles. The van der Waals surface area contributed by atoms with E-state index in [1.165, 1.54) is 0 Å². The lowest BCUT2D eigenvalue weighted by Crippen LogP contribution is -2.68. The van der Waals surface area contributed by atoms with Gasteiger partial charge in [0.05, 0.1) is 0 Å². The molecule has 1 amide bonds. The highest BCUT2D eigenvalue weighted by atomic mass is 32.2. The van der Waals surface area contributed by atoms with Gasteiger partial charge in [0.25, 0.3) is 0 Å². The summed E-state index contributed by atoms with van der Waals surface area (Å²) >= 11 is 0. The van der Waals surface area contributed by atoms with Crippen LogP contribution in [0.1, 0.15) is 6.42 Å². The lowest BCUT2D eigenvalue weighted by Gasteiger charge is -2.37. The molecule has 0 aromatic heterocycles. The van der Waals surface area contributed by atoms with Crippen LogP contribution in [0.3, 0.4) is 0 Å². The number of piperidine rings is 1. The van der Waals surface area contributed by atoms with Gasteiger partial charge in [-0.1, -0.05) is 0 Å². The predicted molar refractivity (Wildman–Crippen MR) is 52.2 cm³/mol. The van der Waals surface area contributed by atoms with Crippen molar-refractivity contribution < 1.29 is 13.2 Å². The molecule has 0 aromatic rings. The Balaban J connectivity index is 3.07. The number of amides is 1. The molecule has 6 nitrogen and oxygen atoms in total. The molecule has 14 heavy (non-hydrogen) atoms. The normalized spacial score (nSPS) is 34.0. The van der Waals surface area contributed by atoms with Crippen LogP contribution in [0.25, 0.3) is 0 Å². The molecule has 1 rings (SSSR count). The largest absolute Gasteiger partial charge is 0.368 e. The number of rotatable bonds is 2. The minimum atomic E-state index is -3.37. The zero-order valence-electron chi connectivity index (χ0n) is 7.99. The average molecular weight is 221 g/mol. The maximum atomic E-state index is 11.4. The first-order chi connectivity index (χ1) is 6.28. The first-order valence-corrected chi connectivity index (χ1v) is 6.22. The van der Waals surface area contributed by atoms with Gasteiger partial charge >= 0.3 is 0 Å². The standard InChI is InChI=1S/C7H15N3O3S/c1-14(12,13)5-4-10-3-2-7(5,9)6(8)11/h5,10H,2-4,9H2,1H3,(H2,8,11). The van der Waals surface area contributed by atoms with E-state index in [-0.39, 0.29) is 13.0 Å². The lowest BCUT2D eigenvalue weighted by molar-refractivity contribution is -0.123. The van der Waals surface area contributed by atoms with Crippen molar-refractivity contribution in [3.8, 4) is 0 Å². The van der Waals surface area contributed by atoms with E-state index in [1.54, 1.807) is 0 Å². The summed E-state index contributed by atoms with van der Waals surface area (Å²) in [4.78, 5) is 11.1. The second-order valence-corrected chi connectivity index (χ2v) is 5.91. The molecule has 0 radical (unpaired) electrons. The third-order valence-corrected chi connectivity index (χ3v) is 4.22. The summed E-state index contributed by atoms with van der Waals surface area (Å²) in [7, 11) is -3.37. The molecule has 5 N–H and O–H groups in total. The third kappa shape index (κ3) is 1.89. The van der Waals surface area contributed by atoms with Gasteiger partial charge in [-0.2, -0.15) is 0 Å².